The van der Waals surface area contributed by atoms with E-state index in [1.165, 1.54) is 5.56 Å². The van der Waals surface area contributed by atoms with Gasteiger partial charge < -0.3 is 15.0 Å². The molecule has 0 aromatic heterocycles. The topological polar surface area (TPSA) is 24.5 Å². The van der Waals surface area contributed by atoms with Crippen LogP contribution in [0.5, 0.6) is 0 Å². The highest BCUT2D eigenvalue weighted by molar-refractivity contribution is 7.80. The normalized spacial score (nSPS) is 10.0. The first-order valence-electron chi connectivity index (χ1n) is 5.84. The van der Waals surface area contributed by atoms with Crippen molar-refractivity contribution in [2.24, 2.45) is 0 Å². The van der Waals surface area contributed by atoms with Crippen molar-refractivity contribution in [2.45, 2.75) is 13.5 Å². The van der Waals surface area contributed by atoms with E-state index in [-0.39, 0.29) is 0 Å². The van der Waals surface area contributed by atoms with Crippen LogP contribution in [-0.2, 0) is 11.3 Å². The minimum absolute atomic E-state index is 0.655. The maximum absolute atomic E-state index is 5.59. The molecule has 17 heavy (non-hydrogen) atoms. The summed E-state index contributed by atoms with van der Waals surface area (Å²) in [5.74, 6) is 0. The van der Waals surface area contributed by atoms with Gasteiger partial charge in [-0.1, -0.05) is 30.3 Å². The van der Waals surface area contributed by atoms with Gasteiger partial charge in [0.25, 0.3) is 0 Å². The van der Waals surface area contributed by atoms with Crippen molar-refractivity contribution in [3.05, 3.63) is 35.9 Å². The Hall–Kier alpha value is -1.13. The molecule has 1 rings (SSSR count). The molecule has 1 aromatic rings. The molecule has 0 bridgehead atoms. The molecular weight excluding hydrogens is 232 g/mol. The Kier molecular flexibility index (Phi) is 6.58. The van der Waals surface area contributed by atoms with E-state index in [4.69, 9.17) is 17.0 Å². The van der Waals surface area contributed by atoms with E-state index in [0.717, 1.165) is 18.2 Å². The summed E-state index contributed by atoms with van der Waals surface area (Å²) >= 11 is 5.18. The molecule has 0 aliphatic heterocycles. The molecule has 1 N–H and O–H groups in total. The van der Waals surface area contributed by atoms with E-state index < -0.39 is 0 Å². The van der Waals surface area contributed by atoms with Crippen molar-refractivity contribution in [3.8, 4) is 0 Å². The number of nitrogens with zero attached hydrogens (tertiary/aromatic N) is 1. The van der Waals surface area contributed by atoms with E-state index in [1.54, 1.807) is 0 Å². The first-order chi connectivity index (χ1) is 8.24. The fraction of sp³-hybridized carbons (Fsp3) is 0.462. The lowest BCUT2D eigenvalue weighted by molar-refractivity contribution is 0.112. The first kappa shape index (κ1) is 13.9. The van der Waals surface area contributed by atoms with Crippen LogP contribution >= 0.6 is 12.2 Å². The van der Waals surface area contributed by atoms with Crippen molar-refractivity contribution < 1.29 is 4.74 Å². The Balaban J connectivity index is 2.14. The second-order valence-electron chi connectivity index (χ2n) is 3.80. The predicted octanol–water partition coefficient (Wildman–Crippen LogP) is 2.03. The Morgan fingerprint density at radius 2 is 2.06 bits per heavy atom. The number of nitrogens with one attached hydrogen (secondary N) is 1. The number of hydrogen-bond acceptors (Lipinski definition) is 2. The van der Waals surface area contributed by atoms with Crippen molar-refractivity contribution in [1.29, 1.82) is 0 Å². The van der Waals surface area contributed by atoms with Gasteiger partial charge in [0.15, 0.2) is 5.11 Å². The molecule has 94 valence electrons. The number of thiocarbonyl (C=S) groups is 1. The molecule has 0 saturated carbocycles. The highest BCUT2D eigenvalue weighted by Crippen LogP contribution is 2.00. The summed E-state index contributed by atoms with van der Waals surface area (Å²) in [5, 5.41) is 3.88. The van der Waals surface area contributed by atoms with Crippen LogP contribution in [0, 0.1) is 0 Å². The molecule has 3 nitrogen and oxygen atoms in total. The van der Waals surface area contributed by atoms with Crippen LogP contribution < -0.4 is 5.32 Å². The smallest absolute Gasteiger partial charge is 0.168 e. The summed E-state index contributed by atoms with van der Waals surface area (Å²) in [6, 6.07) is 10.2. The van der Waals surface area contributed by atoms with Gasteiger partial charge in [-0.05, 0) is 24.7 Å². The standard InChI is InChI=1S/C13H20N2OS/c1-3-14-13(17)15(2)9-10-16-11-12-7-5-4-6-8-12/h4-8H,3,9-11H2,1-2H3,(H,14,17). The first-order valence-corrected chi connectivity index (χ1v) is 6.25. The van der Waals surface area contributed by atoms with Crippen molar-refractivity contribution in [3.63, 3.8) is 0 Å². The quantitative estimate of drug-likeness (QED) is 0.618. The van der Waals surface area contributed by atoms with Crippen LogP contribution in [0.4, 0.5) is 0 Å². The van der Waals surface area contributed by atoms with E-state index in [2.05, 4.69) is 17.4 Å². The van der Waals surface area contributed by atoms with Crippen molar-refractivity contribution >= 4 is 17.3 Å². The highest BCUT2D eigenvalue weighted by atomic mass is 32.1. The SMILES string of the molecule is CCNC(=S)N(C)CCOCc1ccccc1. The lowest BCUT2D eigenvalue weighted by atomic mass is 10.2. The molecule has 0 heterocycles. The molecule has 0 aliphatic rings. The summed E-state index contributed by atoms with van der Waals surface area (Å²) in [5.41, 5.74) is 1.20. The van der Waals surface area contributed by atoms with Gasteiger partial charge in [-0.2, -0.15) is 0 Å². The summed E-state index contributed by atoms with van der Waals surface area (Å²) in [7, 11) is 1.97. The van der Waals surface area contributed by atoms with Crippen molar-refractivity contribution in [2.75, 3.05) is 26.7 Å². The minimum Gasteiger partial charge on any atom is -0.375 e. The number of likely N-dealkylation sites (N-methyl/N-ethyl adjacent to an activating group) is 1. The van der Waals surface area contributed by atoms with Gasteiger partial charge >= 0.3 is 0 Å². The Bertz CT molecular complexity index is 329. The molecule has 0 aliphatic carbocycles. The van der Waals surface area contributed by atoms with E-state index >= 15 is 0 Å². The summed E-state index contributed by atoms with van der Waals surface area (Å²) in [4.78, 5) is 1.99. The zero-order valence-electron chi connectivity index (χ0n) is 10.5. The van der Waals surface area contributed by atoms with Gasteiger partial charge in [0.05, 0.1) is 13.2 Å². The Morgan fingerprint density at radius 3 is 2.71 bits per heavy atom. The Labute approximate surface area is 109 Å². The van der Waals surface area contributed by atoms with Crippen molar-refractivity contribution in [1.82, 2.24) is 10.2 Å². The maximum atomic E-state index is 5.59. The lowest BCUT2D eigenvalue weighted by Crippen LogP contribution is -2.38. The number of hydrogen-bond donors (Lipinski definition) is 1. The molecular formula is C13H20N2OS. The van der Waals surface area contributed by atoms with Gasteiger partial charge in [0, 0.05) is 20.1 Å². The average Bonchev–Trinajstić information content (AvgIpc) is 2.36. The lowest BCUT2D eigenvalue weighted by Gasteiger charge is -2.20. The van der Waals surface area contributed by atoms with Crippen LogP contribution in [0.2, 0.25) is 0 Å². The fourth-order valence-electron chi connectivity index (χ4n) is 1.35. The molecule has 0 spiro atoms. The molecule has 4 heteroatoms. The van der Waals surface area contributed by atoms with E-state index in [9.17, 15) is 0 Å². The van der Waals surface area contributed by atoms with Crippen LogP contribution in [0.1, 0.15) is 12.5 Å². The summed E-state index contributed by atoms with van der Waals surface area (Å²) in [6.45, 7) is 5.03. The van der Waals surface area contributed by atoms with E-state index in [1.807, 2.05) is 37.1 Å². The Morgan fingerprint density at radius 1 is 1.35 bits per heavy atom. The maximum Gasteiger partial charge on any atom is 0.168 e. The van der Waals surface area contributed by atoms with Gasteiger partial charge in [0.1, 0.15) is 0 Å². The van der Waals surface area contributed by atoms with Crippen LogP contribution in [0.3, 0.4) is 0 Å². The van der Waals surface area contributed by atoms with Crippen LogP contribution in [0.25, 0.3) is 0 Å². The molecule has 0 atom stereocenters. The second kappa shape index (κ2) is 8.03. The van der Waals surface area contributed by atoms with E-state index in [0.29, 0.717) is 13.2 Å². The number of ether oxygens (including phenoxy) is 1. The number of rotatable bonds is 6. The number of benzene rings is 1. The van der Waals surface area contributed by atoms with Gasteiger partial charge in [0.2, 0.25) is 0 Å². The molecule has 0 radical (unpaired) electrons. The van der Waals surface area contributed by atoms with Gasteiger partial charge in [-0.25, -0.2) is 0 Å². The monoisotopic (exact) mass is 252 g/mol. The summed E-state index contributed by atoms with van der Waals surface area (Å²) in [6.07, 6.45) is 0. The third-order valence-electron chi connectivity index (χ3n) is 2.36. The zero-order valence-corrected chi connectivity index (χ0v) is 11.3. The molecule has 0 saturated heterocycles. The highest BCUT2D eigenvalue weighted by Gasteiger charge is 2.01. The second-order valence-corrected chi connectivity index (χ2v) is 4.18. The molecule has 1 aromatic carbocycles. The van der Waals surface area contributed by atoms with Crippen LogP contribution in [-0.4, -0.2) is 36.8 Å². The molecule has 0 fully saturated rings. The third-order valence-corrected chi connectivity index (χ3v) is 2.81. The van der Waals surface area contributed by atoms with Gasteiger partial charge in [-0.3, -0.25) is 0 Å². The largest absolute Gasteiger partial charge is 0.375 e. The van der Waals surface area contributed by atoms with Gasteiger partial charge in [-0.15, -0.1) is 0 Å². The molecule has 0 amide bonds. The molecule has 0 unspecified atom stereocenters. The third kappa shape index (κ3) is 5.65. The van der Waals surface area contributed by atoms with Crippen LogP contribution in [0.15, 0.2) is 30.3 Å². The minimum atomic E-state index is 0.655. The average molecular weight is 252 g/mol. The zero-order chi connectivity index (χ0) is 12.5. The predicted molar refractivity (Wildman–Crippen MR) is 75.0 cm³/mol. The summed E-state index contributed by atoms with van der Waals surface area (Å²) < 4.78 is 5.59. The fourth-order valence-corrected chi connectivity index (χ4v) is 1.59.